The second-order valence-electron chi connectivity index (χ2n) is 2.83. The van der Waals surface area contributed by atoms with Crippen molar-refractivity contribution in [3.8, 4) is 0 Å². The quantitative estimate of drug-likeness (QED) is 0.646. The Balaban J connectivity index is 1.93. The first-order chi connectivity index (χ1) is 5.95. The van der Waals surface area contributed by atoms with Crippen LogP contribution in [0.1, 0.15) is 12.8 Å². The van der Waals surface area contributed by atoms with Gasteiger partial charge in [-0.15, -0.1) is 0 Å². The van der Waals surface area contributed by atoms with Crippen LogP contribution in [-0.4, -0.2) is 0 Å². The van der Waals surface area contributed by atoms with Gasteiger partial charge < -0.3 is 0 Å². The summed E-state index contributed by atoms with van der Waals surface area (Å²) < 4.78 is 1.56. The van der Waals surface area contributed by atoms with Gasteiger partial charge >= 0.3 is 79.4 Å². The molecule has 0 aromatic rings. The van der Waals surface area contributed by atoms with Crippen molar-refractivity contribution in [2.45, 2.75) is 17.7 Å². The Bertz CT molecular complexity index is 257. The molecule has 0 saturated carbocycles. The molecule has 0 nitrogen and oxygen atoms in total. The normalized spacial score (nSPS) is 22.2. The minimum atomic E-state index is 0.638. The Hall–Kier alpha value is -0.534. The van der Waals surface area contributed by atoms with Crippen molar-refractivity contribution >= 4 is 0 Å². The number of allylic oxidation sites excluding steroid dienone is 8. The van der Waals surface area contributed by atoms with Gasteiger partial charge in [-0.1, -0.05) is 0 Å². The van der Waals surface area contributed by atoms with Gasteiger partial charge in [-0.05, 0) is 0 Å². The molecule has 1 heteroatoms. The molecule has 0 saturated heterocycles. The van der Waals surface area contributed by atoms with Crippen LogP contribution in [-0.2, 0) is 14.7 Å². The molecular weight excluding hydrogens is 191 g/mol. The Morgan fingerprint density at radius 1 is 1.17 bits per heavy atom. The molecule has 0 aromatic heterocycles. The van der Waals surface area contributed by atoms with Crippen LogP contribution in [0.4, 0.5) is 0 Å². The third kappa shape index (κ3) is 1.99. The standard InChI is InChI=1S/C6H7.C5H5.Co/c1-2-4-6-5-3-1;1-2-4-5-3-1;/h1-3H,4,6H2;1-5H;. The molecular formula is C11H12Co. The van der Waals surface area contributed by atoms with Crippen molar-refractivity contribution in [2.75, 3.05) is 0 Å². The number of hydrogen-bond acceptors (Lipinski definition) is 0. The number of hydrogen-bond donors (Lipinski definition) is 0. The summed E-state index contributed by atoms with van der Waals surface area (Å²) in [5.41, 5.74) is 0. The van der Waals surface area contributed by atoms with E-state index in [1.54, 1.807) is 4.51 Å². The molecule has 2 rings (SSSR count). The molecule has 0 unspecified atom stereocenters. The van der Waals surface area contributed by atoms with Crippen LogP contribution in [0.3, 0.4) is 0 Å². The summed E-state index contributed by atoms with van der Waals surface area (Å²) in [4.78, 5) is 0.638. The van der Waals surface area contributed by atoms with Crippen molar-refractivity contribution in [2.24, 2.45) is 0 Å². The van der Waals surface area contributed by atoms with Crippen LogP contribution in [0, 0.1) is 0 Å². The van der Waals surface area contributed by atoms with Crippen molar-refractivity contribution in [3.63, 3.8) is 0 Å². The van der Waals surface area contributed by atoms with Crippen LogP contribution in [0.2, 0.25) is 4.85 Å². The molecule has 2 aliphatic carbocycles. The van der Waals surface area contributed by atoms with E-state index in [-0.39, 0.29) is 0 Å². The predicted molar refractivity (Wildman–Crippen MR) is 48.5 cm³/mol. The van der Waals surface area contributed by atoms with E-state index >= 15 is 0 Å². The van der Waals surface area contributed by atoms with Crippen LogP contribution in [0.5, 0.6) is 0 Å². The van der Waals surface area contributed by atoms with E-state index in [1.165, 1.54) is 27.5 Å². The maximum absolute atomic E-state index is 2.26. The topological polar surface area (TPSA) is 0 Å². The van der Waals surface area contributed by atoms with Gasteiger partial charge in [0.2, 0.25) is 0 Å². The average molecular weight is 203 g/mol. The molecule has 0 bridgehead atoms. The zero-order chi connectivity index (χ0) is 8.23. The predicted octanol–water partition coefficient (Wildman–Crippen LogP) is 3.22. The molecule has 0 spiro atoms. The van der Waals surface area contributed by atoms with E-state index in [2.05, 4.69) is 42.5 Å². The van der Waals surface area contributed by atoms with Gasteiger partial charge in [-0.25, -0.2) is 0 Å². The molecule has 0 atom stereocenters. The van der Waals surface area contributed by atoms with Gasteiger partial charge in [-0.3, -0.25) is 0 Å². The van der Waals surface area contributed by atoms with E-state index in [9.17, 15) is 0 Å². The molecule has 65 valence electrons. The van der Waals surface area contributed by atoms with Gasteiger partial charge in [-0.2, -0.15) is 0 Å². The molecule has 0 fully saturated rings. The van der Waals surface area contributed by atoms with Crippen LogP contribution in [0.15, 0.2) is 47.0 Å². The molecule has 0 N–H and O–H groups in total. The SMILES string of the molecule is C1=CCC[C]([Co][CH]2C=CC=C2)=C1. The summed E-state index contributed by atoms with van der Waals surface area (Å²) in [7, 11) is 0. The fourth-order valence-electron chi connectivity index (χ4n) is 1.24. The van der Waals surface area contributed by atoms with Crippen molar-refractivity contribution < 1.29 is 14.7 Å². The van der Waals surface area contributed by atoms with Crippen LogP contribution >= 0.6 is 0 Å². The zero-order valence-corrected chi connectivity index (χ0v) is 7.91. The Kier molecular flexibility index (Phi) is 2.64. The van der Waals surface area contributed by atoms with Gasteiger partial charge in [0.25, 0.3) is 0 Å². The third-order valence-corrected chi connectivity index (χ3v) is 3.43. The first-order valence-electron chi connectivity index (χ1n) is 4.24. The van der Waals surface area contributed by atoms with E-state index in [0.29, 0.717) is 4.85 Å². The molecule has 12 heavy (non-hydrogen) atoms. The van der Waals surface area contributed by atoms with Crippen molar-refractivity contribution in [1.29, 1.82) is 0 Å². The summed E-state index contributed by atoms with van der Waals surface area (Å²) >= 11 is 1.50. The monoisotopic (exact) mass is 203 g/mol. The van der Waals surface area contributed by atoms with Gasteiger partial charge in [0, 0.05) is 0 Å². The first kappa shape index (κ1) is 8.08. The van der Waals surface area contributed by atoms with Crippen LogP contribution in [0.25, 0.3) is 0 Å². The van der Waals surface area contributed by atoms with Crippen molar-refractivity contribution in [3.05, 3.63) is 47.0 Å². The Morgan fingerprint density at radius 3 is 2.67 bits per heavy atom. The maximum atomic E-state index is 2.26. The second-order valence-corrected chi connectivity index (χ2v) is 4.50. The molecule has 0 aromatic carbocycles. The molecule has 0 amide bonds. The molecule has 0 radical (unpaired) electrons. The summed E-state index contributed by atoms with van der Waals surface area (Å²) in [6, 6.07) is 0. The Labute approximate surface area is 79.7 Å². The summed E-state index contributed by atoms with van der Waals surface area (Å²) in [5.74, 6) is 0. The minimum absolute atomic E-state index is 0.638. The molecule has 2 aliphatic rings. The second kappa shape index (κ2) is 3.92. The summed E-state index contributed by atoms with van der Waals surface area (Å²) in [6.07, 6.45) is 17.9. The van der Waals surface area contributed by atoms with E-state index in [4.69, 9.17) is 0 Å². The van der Waals surface area contributed by atoms with Crippen molar-refractivity contribution in [1.82, 2.24) is 0 Å². The van der Waals surface area contributed by atoms with Gasteiger partial charge in [0.1, 0.15) is 0 Å². The molecule has 0 aliphatic heterocycles. The third-order valence-electron chi connectivity index (χ3n) is 1.86. The molecule has 0 heterocycles. The summed E-state index contributed by atoms with van der Waals surface area (Å²) in [5, 5.41) is 0. The van der Waals surface area contributed by atoms with Gasteiger partial charge in [0.05, 0.1) is 0 Å². The van der Waals surface area contributed by atoms with E-state index < -0.39 is 0 Å². The fraction of sp³-hybridized carbons (Fsp3) is 0.273. The summed E-state index contributed by atoms with van der Waals surface area (Å²) in [6.45, 7) is 0. The first-order valence-corrected chi connectivity index (χ1v) is 5.36. The average Bonchev–Trinajstić information content (AvgIpc) is 2.59. The van der Waals surface area contributed by atoms with E-state index in [0.717, 1.165) is 0 Å². The fourth-order valence-corrected chi connectivity index (χ4v) is 2.62. The van der Waals surface area contributed by atoms with Gasteiger partial charge in [0.15, 0.2) is 0 Å². The van der Waals surface area contributed by atoms with E-state index in [1.807, 2.05) is 0 Å². The number of rotatable bonds is 2. The zero-order valence-electron chi connectivity index (χ0n) is 6.87. The van der Waals surface area contributed by atoms with Crippen LogP contribution < -0.4 is 0 Å². The Morgan fingerprint density at radius 2 is 2.00 bits per heavy atom.